The van der Waals surface area contributed by atoms with E-state index >= 15 is 0 Å². The van der Waals surface area contributed by atoms with Crippen LogP contribution in [-0.4, -0.2) is 48.8 Å². The Kier molecular flexibility index (Phi) is 7.38. The van der Waals surface area contributed by atoms with Crippen molar-refractivity contribution in [3.8, 4) is 0 Å². The van der Waals surface area contributed by atoms with Crippen molar-refractivity contribution in [3.63, 3.8) is 0 Å². The summed E-state index contributed by atoms with van der Waals surface area (Å²) in [5, 5.41) is 11.7. The molecule has 0 spiro atoms. The number of nitrogens with one attached hydrogen (secondary N) is 1. The first-order valence-electron chi connectivity index (χ1n) is 9.39. The molecule has 0 saturated carbocycles. The molecule has 1 unspecified atom stereocenters. The van der Waals surface area contributed by atoms with E-state index < -0.39 is 27.9 Å². The van der Waals surface area contributed by atoms with Crippen LogP contribution in [0.25, 0.3) is 0 Å². The molecule has 8 heteroatoms. The summed E-state index contributed by atoms with van der Waals surface area (Å²) in [6.45, 7) is 4.99. The monoisotopic (exact) mass is 396 g/mol. The van der Waals surface area contributed by atoms with E-state index in [1.807, 2.05) is 13.8 Å². The molecule has 0 radical (unpaired) electrons. The number of carboxylic acids is 1. The standard InChI is InChI=1S/C19H28N2O5S/c1-3-4-7-17(19(23)24)20-18(22)15-8-10-16(11-9-15)27(25,26)21-12-5-6-14(2)13-21/h8-11,14,17H,3-7,12-13H2,1-2H3,(H,20,22)(H,23,24)/t14?,17-/m0/s1. The zero-order chi connectivity index (χ0) is 20.0. The average molecular weight is 397 g/mol. The van der Waals surface area contributed by atoms with Crippen LogP contribution in [0.5, 0.6) is 0 Å². The van der Waals surface area contributed by atoms with Crippen LogP contribution in [0.4, 0.5) is 0 Å². The largest absolute Gasteiger partial charge is 0.480 e. The fourth-order valence-corrected chi connectivity index (χ4v) is 4.80. The number of carbonyl (C=O) groups is 2. The third-order valence-corrected chi connectivity index (χ3v) is 6.70. The number of carboxylic acid groups (broad SMARTS) is 1. The third kappa shape index (κ3) is 5.52. The van der Waals surface area contributed by atoms with Crippen LogP contribution in [0.3, 0.4) is 0 Å². The van der Waals surface area contributed by atoms with Gasteiger partial charge in [0, 0.05) is 18.7 Å². The Balaban J connectivity index is 2.09. The summed E-state index contributed by atoms with van der Waals surface area (Å²) < 4.78 is 27.0. The van der Waals surface area contributed by atoms with Crippen molar-refractivity contribution in [1.29, 1.82) is 0 Å². The van der Waals surface area contributed by atoms with E-state index in [1.54, 1.807) is 0 Å². The van der Waals surface area contributed by atoms with Crippen LogP contribution < -0.4 is 5.32 Å². The first-order valence-corrected chi connectivity index (χ1v) is 10.8. The van der Waals surface area contributed by atoms with E-state index in [9.17, 15) is 23.1 Å². The van der Waals surface area contributed by atoms with Crippen LogP contribution in [0.1, 0.15) is 56.3 Å². The minimum Gasteiger partial charge on any atom is -0.480 e. The molecule has 150 valence electrons. The molecule has 2 rings (SSSR count). The van der Waals surface area contributed by atoms with Gasteiger partial charge in [0.05, 0.1) is 4.90 Å². The summed E-state index contributed by atoms with van der Waals surface area (Å²) in [7, 11) is -3.58. The molecular formula is C19H28N2O5S. The zero-order valence-corrected chi connectivity index (χ0v) is 16.7. The lowest BCUT2D eigenvalue weighted by molar-refractivity contribution is -0.139. The molecule has 7 nitrogen and oxygen atoms in total. The summed E-state index contributed by atoms with van der Waals surface area (Å²) in [5.41, 5.74) is 0.240. The molecule has 1 aliphatic heterocycles. The normalized spacial score (nSPS) is 19.4. The lowest BCUT2D eigenvalue weighted by Crippen LogP contribution is -2.40. The fourth-order valence-electron chi connectivity index (χ4n) is 3.20. The van der Waals surface area contributed by atoms with Gasteiger partial charge >= 0.3 is 5.97 Å². The number of rotatable bonds is 8. The number of carbonyl (C=O) groups excluding carboxylic acids is 1. The van der Waals surface area contributed by atoms with E-state index in [1.165, 1.54) is 28.6 Å². The summed E-state index contributed by atoms with van der Waals surface area (Å²) in [5.74, 6) is -1.26. The van der Waals surface area contributed by atoms with Crippen molar-refractivity contribution in [2.24, 2.45) is 5.92 Å². The number of sulfonamides is 1. The zero-order valence-electron chi connectivity index (χ0n) is 15.8. The van der Waals surface area contributed by atoms with Gasteiger partial charge in [-0.25, -0.2) is 13.2 Å². The van der Waals surface area contributed by atoms with Crippen molar-refractivity contribution in [3.05, 3.63) is 29.8 Å². The van der Waals surface area contributed by atoms with Gasteiger partial charge in [-0.1, -0.05) is 26.7 Å². The number of benzene rings is 1. The highest BCUT2D eigenvalue weighted by atomic mass is 32.2. The molecule has 1 aliphatic rings. The highest BCUT2D eigenvalue weighted by Gasteiger charge is 2.29. The Morgan fingerprint density at radius 3 is 2.52 bits per heavy atom. The van der Waals surface area contributed by atoms with E-state index in [-0.39, 0.29) is 10.5 Å². The Morgan fingerprint density at radius 2 is 1.96 bits per heavy atom. The molecule has 1 aromatic carbocycles. The lowest BCUT2D eigenvalue weighted by Gasteiger charge is -2.30. The summed E-state index contributed by atoms with van der Waals surface area (Å²) in [4.78, 5) is 23.7. The molecule has 1 aromatic rings. The predicted octanol–water partition coefficient (Wildman–Crippen LogP) is 2.48. The molecule has 27 heavy (non-hydrogen) atoms. The first-order chi connectivity index (χ1) is 12.8. The van der Waals surface area contributed by atoms with Crippen LogP contribution in [0.2, 0.25) is 0 Å². The maximum atomic E-state index is 12.7. The molecule has 1 heterocycles. The lowest BCUT2D eigenvalue weighted by atomic mass is 10.0. The van der Waals surface area contributed by atoms with E-state index in [2.05, 4.69) is 5.32 Å². The number of amides is 1. The maximum absolute atomic E-state index is 12.7. The van der Waals surface area contributed by atoms with Gasteiger partial charge in [-0.15, -0.1) is 0 Å². The van der Waals surface area contributed by atoms with Crippen LogP contribution >= 0.6 is 0 Å². The third-order valence-electron chi connectivity index (χ3n) is 4.82. The van der Waals surface area contributed by atoms with Gasteiger partial charge in [0.1, 0.15) is 6.04 Å². The Hall–Kier alpha value is -1.93. The average Bonchev–Trinajstić information content (AvgIpc) is 2.64. The highest BCUT2D eigenvalue weighted by molar-refractivity contribution is 7.89. The molecule has 2 atom stereocenters. The van der Waals surface area contributed by atoms with Crippen LogP contribution in [0.15, 0.2) is 29.2 Å². The highest BCUT2D eigenvalue weighted by Crippen LogP contribution is 2.23. The number of piperidine rings is 1. The minimum absolute atomic E-state index is 0.147. The van der Waals surface area contributed by atoms with Crippen molar-refractivity contribution >= 4 is 21.9 Å². The minimum atomic E-state index is -3.58. The first kappa shape index (κ1) is 21.4. The van der Waals surface area contributed by atoms with Gasteiger partial charge in [0.25, 0.3) is 5.91 Å². The number of unbranched alkanes of at least 4 members (excludes halogenated alkanes) is 1. The molecule has 0 aliphatic carbocycles. The quantitative estimate of drug-likeness (QED) is 0.702. The second-order valence-corrected chi connectivity index (χ2v) is 9.08. The molecule has 2 N–H and O–H groups in total. The molecular weight excluding hydrogens is 368 g/mol. The van der Waals surface area contributed by atoms with Gasteiger partial charge in [-0.2, -0.15) is 4.31 Å². The van der Waals surface area contributed by atoms with Crippen molar-refractivity contribution in [1.82, 2.24) is 9.62 Å². The van der Waals surface area contributed by atoms with E-state index in [0.29, 0.717) is 31.8 Å². The van der Waals surface area contributed by atoms with Gasteiger partial charge < -0.3 is 10.4 Å². The van der Waals surface area contributed by atoms with Gasteiger partial charge in [0.2, 0.25) is 10.0 Å². The Labute approximate surface area is 160 Å². The topological polar surface area (TPSA) is 104 Å². The van der Waals surface area contributed by atoms with Gasteiger partial charge in [-0.05, 0) is 49.4 Å². The maximum Gasteiger partial charge on any atom is 0.326 e. The van der Waals surface area contributed by atoms with Gasteiger partial charge in [0.15, 0.2) is 0 Å². The summed E-state index contributed by atoms with van der Waals surface area (Å²) in [6.07, 6.45) is 3.75. The smallest absolute Gasteiger partial charge is 0.326 e. The fraction of sp³-hybridized carbons (Fsp3) is 0.579. The van der Waals surface area contributed by atoms with Crippen LogP contribution in [-0.2, 0) is 14.8 Å². The molecule has 0 aromatic heterocycles. The predicted molar refractivity (Wildman–Crippen MR) is 102 cm³/mol. The SMILES string of the molecule is CCCC[C@H](NC(=O)c1ccc(S(=O)(=O)N2CCCC(C)C2)cc1)C(=O)O. The second-order valence-electron chi connectivity index (χ2n) is 7.14. The van der Waals surface area contributed by atoms with Crippen molar-refractivity contribution in [2.75, 3.05) is 13.1 Å². The van der Waals surface area contributed by atoms with E-state index in [4.69, 9.17) is 0 Å². The van der Waals surface area contributed by atoms with Gasteiger partial charge in [-0.3, -0.25) is 4.79 Å². The molecule has 1 fully saturated rings. The molecule has 1 saturated heterocycles. The second kappa shape index (κ2) is 9.32. The van der Waals surface area contributed by atoms with Crippen LogP contribution in [0, 0.1) is 5.92 Å². The Morgan fingerprint density at radius 1 is 1.30 bits per heavy atom. The summed E-state index contributed by atoms with van der Waals surface area (Å²) >= 11 is 0. The number of aliphatic carboxylic acids is 1. The number of nitrogens with zero attached hydrogens (tertiary/aromatic N) is 1. The molecule has 1 amide bonds. The number of hydrogen-bond donors (Lipinski definition) is 2. The summed E-state index contributed by atoms with van der Waals surface area (Å²) in [6, 6.07) is 4.72. The molecule has 0 bridgehead atoms. The van der Waals surface area contributed by atoms with Crippen molar-refractivity contribution < 1.29 is 23.1 Å². The Bertz CT molecular complexity index is 761. The van der Waals surface area contributed by atoms with E-state index in [0.717, 1.165) is 19.3 Å². The van der Waals surface area contributed by atoms with Crippen molar-refractivity contribution in [2.45, 2.75) is 56.9 Å². The number of hydrogen-bond acceptors (Lipinski definition) is 4.